The van der Waals surface area contributed by atoms with Crippen molar-refractivity contribution in [2.45, 2.75) is 50.1 Å². The van der Waals surface area contributed by atoms with Crippen LogP contribution >= 0.6 is 0 Å². The predicted molar refractivity (Wildman–Crippen MR) is 97.9 cm³/mol. The third kappa shape index (κ3) is 3.32. The molecule has 2 aliphatic rings. The molecular weight excluding hydrogens is 328 g/mol. The number of rotatable bonds is 4. The minimum absolute atomic E-state index is 0.0991. The van der Waals surface area contributed by atoms with E-state index in [1.54, 1.807) is 11.9 Å². The fourth-order valence-electron chi connectivity index (χ4n) is 4.30. The lowest BCUT2D eigenvalue weighted by atomic mass is 9.81. The summed E-state index contributed by atoms with van der Waals surface area (Å²) in [5.41, 5.74) is 6.93. The van der Waals surface area contributed by atoms with E-state index in [1.807, 2.05) is 29.2 Å². The maximum absolute atomic E-state index is 12.9. The smallest absolute Gasteiger partial charge is 0.239 e. The molecule has 1 aliphatic carbocycles. The summed E-state index contributed by atoms with van der Waals surface area (Å²) in [6.45, 7) is 0.700. The van der Waals surface area contributed by atoms with E-state index in [0.29, 0.717) is 19.4 Å². The second-order valence-electron chi connectivity index (χ2n) is 7.38. The zero-order chi connectivity index (χ0) is 18.7. The summed E-state index contributed by atoms with van der Waals surface area (Å²) in [7, 11) is 1.72. The van der Waals surface area contributed by atoms with Crippen molar-refractivity contribution >= 4 is 11.8 Å². The lowest BCUT2D eigenvalue weighted by Gasteiger charge is -2.41. The van der Waals surface area contributed by atoms with Gasteiger partial charge in [0.15, 0.2) is 0 Å². The van der Waals surface area contributed by atoms with E-state index in [0.717, 1.165) is 36.8 Å². The number of hydrogen-bond acceptors (Lipinski definition) is 4. The van der Waals surface area contributed by atoms with Crippen LogP contribution in [0.2, 0.25) is 0 Å². The zero-order valence-electron chi connectivity index (χ0n) is 15.3. The van der Waals surface area contributed by atoms with Gasteiger partial charge in [0.1, 0.15) is 11.6 Å². The first kappa shape index (κ1) is 18.4. The molecule has 2 N–H and O–H groups in total. The third-order valence-corrected chi connectivity index (χ3v) is 5.90. The van der Waals surface area contributed by atoms with Crippen LogP contribution < -0.4 is 5.73 Å². The standard InChI is InChI=1S/C20H26N4O2/c1-23(20(14-21)10-5-2-6-11-20)17(25)13-24-12-9-15-7-3-4-8-16(15)18(24)19(22)26/h3-4,7-8,18H,2,5-6,9-13H2,1H3,(H2,22,26). The van der Waals surface area contributed by atoms with Gasteiger partial charge in [-0.2, -0.15) is 5.26 Å². The zero-order valence-corrected chi connectivity index (χ0v) is 15.3. The Balaban J connectivity index is 1.78. The first-order valence-corrected chi connectivity index (χ1v) is 9.27. The maximum atomic E-state index is 12.9. The number of carbonyl (C=O) groups is 2. The van der Waals surface area contributed by atoms with Gasteiger partial charge in [-0.1, -0.05) is 43.5 Å². The summed E-state index contributed by atoms with van der Waals surface area (Å²) in [6, 6.07) is 9.53. The maximum Gasteiger partial charge on any atom is 0.239 e. The molecule has 6 heteroatoms. The third-order valence-electron chi connectivity index (χ3n) is 5.90. The summed E-state index contributed by atoms with van der Waals surface area (Å²) in [5, 5.41) is 9.71. The number of nitriles is 1. The molecule has 1 fully saturated rings. The van der Waals surface area contributed by atoms with Gasteiger partial charge in [0.2, 0.25) is 11.8 Å². The van der Waals surface area contributed by atoms with E-state index in [4.69, 9.17) is 5.73 Å². The van der Waals surface area contributed by atoms with E-state index in [2.05, 4.69) is 6.07 Å². The van der Waals surface area contributed by atoms with Gasteiger partial charge < -0.3 is 10.6 Å². The molecule has 1 atom stereocenters. The summed E-state index contributed by atoms with van der Waals surface area (Å²) >= 11 is 0. The Hall–Kier alpha value is -2.39. The SMILES string of the molecule is CN(C(=O)CN1CCc2ccccc2C1C(N)=O)C1(C#N)CCCCC1. The Labute approximate surface area is 154 Å². The highest BCUT2D eigenvalue weighted by molar-refractivity contribution is 5.84. The van der Waals surface area contributed by atoms with E-state index in [-0.39, 0.29) is 12.5 Å². The van der Waals surface area contributed by atoms with Crippen LogP contribution in [0.5, 0.6) is 0 Å². The molecule has 0 saturated heterocycles. The number of nitrogens with zero attached hydrogens (tertiary/aromatic N) is 3. The molecule has 0 bridgehead atoms. The van der Waals surface area contributed by atoms with E-state index < -0.39 is 17.5 Å². The molecule has 6 nitrogen and oxygen atoms in total. The second-order valence-corrected chi connectivity index (χ2v) is 7.38. The Morgan fingerprint density at radius 2 is 2.00 bits per heavy atom. The highest BCUT2D eigenvalue weighted by Gasteiger charge is 2.40. The number of fused-ring (bicyclic) bond motifs is 1. The average molecular weight is 354 g/mol. The van der Waals surface area contributed by atoms with Crippen LogP contribution in [-0.4, -0.2) is 47.3 Å². The van der Waals surface area contributed by atoms with Crippen LogP contribution in [0.4, 0.5) is 0 Å². The predicted octanol–water partition coefficient (Wildman–Crippen LogP) is 1.76. The van der Waals surface area contributed by atoms with Gasteiger partial charge in [-0.05, 0) is 30.4 Å². The van der Waals surface area contributed by atoms with Crippen LogP contribution in [-0.2, 0) is 16.0 Å². The molecular formula is C20H26N4O2. The average Bonchev–Trinajstić information content (AvgIpc) is 2.67. The molecule has 138 valence electrons. The van der Waals surface area contributed by atoms with Crippen molar-refractivity contribution in [3.63, 3.8) is 0 Å². The molecule has 1 aliphatic heterocycles. The van der Waals surface area contributed by atoms with Crippen LogP contribution in [0, 0.1) is 11.3 Å². The Kier molecular flexibility index (Phi) is 5.28. The Morgan fingerprint density at radius 1 is 1.31 bits per heavy atom. The molecule has 3 rings (SSSR count). The lowest BCUT2D eigenvalue weighted by Crippen LogP contribution is -2.54. The van der Waals surface area contributed by atoms with Gasteiger partial charge in [-0.15, -0.1) is 0 Å². The number of carbonyl (C=O) groups excluding carboxylic acids is 2. The topological polar surface area (TPSA) is 90.4 Å². The highest BCUT2D eigenvalue weighted by atomic mass is 16.2. The summed E-state index contributed by atoms with van der Waals surface area (Å²) in [5.74, 6) is -0.570. The van der Waals surface area contributed by atoms with Crippen molar-refractivity contribution in [3.05, 3.63) is 35.4 Å². The van der Waals surface area contributed by atoms with E-state index in [1.165, 1.54) is 0 Å². The Morgan fingerprint density at radius 3 is 2.65 bits per heavy atom. The molecule has 0 spiro atoms. The second kappa shape index (κ2) is 7.46. The lowest BCUT2D eigenvalue weighted by molar-refractivity contribution is -0.138. The molecule has 1 unspecified atom stereocenters. The summed E-state index contributed by atoms with van der Waals surface area (Å²) in [4.78, 5) is 28.5. The summed E-state index contributed by atoms with van der Waals surface area (Å²) in [6.07, 6.45) is 5.25. The van der Waals surface area contributed by atoms with Crippen molar-refractivity contribution in [2.75, 3.05) is 20.1 Å². The van der Waals surface area contributed by atoms with Gasteiger partial charge >= 0.3 is 0 Å². The van der Waals surface area contributed by atoms with Crippen LogP contribution in [0.15, 0.2) is 24.3 Å². The van der Waals surface area contributed by atoms with Crippen LogP contribution in [0.3, 0.4) is 0 Å². The first-order valence-electron chi connectivity index (χ1n) is 9.27. The molecule has 1 saturated carbocycles. The monoisotopic (exact) mass is 354 g/mol. The van der Waals surface area contributed by atoms with E-state index >= 15 is 0 Å². The van der Waals surface area contributed by atoms with Crippen LogP contribution in [0.1, 0.15) is 49.3 Å². The van der Waals surface area contributed by atoms with Gasteiger partial charge in [0.05, 0.1) is 12.6 Å². The van der Waals surface area contributed by atoms with Gasteiger partial charge in [0.25, 0.3) is 0 Å². The number of primary amides is 1. The molecule has 0 radical (unpaired) electrons. The van der Waals surface area contributed by atoms with Crippen molar-refractivity contribution < 1.29 is 9.59 Å². The number of likely N-dealkylation sites (N-methyl/N-ethyl adjacent to an activating group) is 1. The fourth-order valence-corrected chi connectivity index (χ4v) is 4.30. The van der Waals surface area contributed by atoms with Gasteiger partial charge in [-0.3, -0.25) is 14.5 Å². The molecule has 1 aromatic carbocycles. The minimum Gasteiger partial charge on any atom is -0.368 e. The molecule has 26 heavy (non-hydrogen) atoms. The molecule has 1 heterocycles. The van der Waals surface area contributed by atoms with E-state index in [9.17, 15) is 14.9 Å². The Bertz CT molecular complexity index is 734. The van der Waals surface area contributed by atoms with Crippen molar-refractivity contribution in [1.82, 2.24) is 9.80 Å². The molecule has 2 amide bonds. The number of hydrogen-bond donors (Lipinski definition) is 1. The molecule has 1 aromatic rings. The fraction of sp³-hybridized carbons (Fsp3) is 0.550. The minimum atomic E-state index is -0.717. The largest absolute Gasteiger partial charge is 0.368 e. The quantitative estimate of drug-likeness (QED) is 0.892. The van der Waals surface area contributed by atoms with Crippen molar-refractivity contribution in [2.24, 2.45) is 5.73 Å². The molecule has 0 aromatic heterocycles. The van der Waals surface area contributed by atoms with Crippen LogP contribution in [0.25, 0.3) is 0 Å². The highest BCUT2D eigenvalue weighted by Crippen LogP contribution is 2.33. The number of amides is 2. The number of nitrogens with two attached hydrogens (primary N) is 1. The van der Waals surface area contributed by atoms with Crippen molar-refractivity contribution in [3.8, 4) is 6.07 Å². The van der Waals surface area contributed by atoms with Gasteiger partial charge in [-0.25, -0.2) is 0 Å². The number of benzene rings is 1. The normalized spacial score (nSPS) is 22.1. The first-order chi connectivity index (χ1) is 12.5. The van der Waals surface area contributed by atoms with Gasteiger partial charge in [0, 0.05) is 13.6 Å². The van der Waals surface area contributed by atoms with Crippen molar-refractivity contribution in [1.29, 1.82) is 5.26 Å². The summed E-state index contributed by atoms with van der Waals surface area (Å²) < 4.78 is 0.